The van der Waals surface area contributed by atoms with Crippen LogP contribution in [0.1, 0.15) is 31.1 Å². The van der Waals surface area contributed by atoms with Crippen molar-refractivity contribution < 1.29 is 14.3 Å². The first-order valence-electron chi connectivity index (χ1n) is 7.93. The minimum atomic E-state index is -0.589. The summed E-state index contributed by atoms with van der Waals surface area (Å²) >= 11 is 0. The topological polar surface area (TPSA) is 79.5 Å². The fourth-order valence-corrected chi connectivity index (χ4v) is 2.15. The van der Waals surface area contributed by atoms with Crippen molar-refractivity contribution in [2.24, 2.45) is 5.92 Å². The highest BCUT2D eigenvalue weighted by Gasteiger charge is 2.25. The lowest BCUT2D eigenvalue weighted by Gasteiger charge is -2.22. The quantitative estimate of drug-likeness (QED) is 0.586. The van der Waals surface area contributed by atoms with E-state index in [0.717, 1.165) is 6.54 Å². The van der Waals surface area contributed by atoms with Crippen molar-refractivity contribution in [1.29, 1.82) is 0 Å². The Kier molecular flexibility index (Phi) is 10.8. The number of hydrogen-bond donors (Lipinski definition) is 3. The van der Waals surface area contributed by atoms with Crippen LogP contribution in [0, 0.1) is 5.92 Å². The van der Waals surface area contributed by atoms with Gasteiger partial charge in [0.1, 0.15) is 11.8 Å². The van der Waals surface area contributed by atoms with Crippen LogP contribution in [0.15, 0.2) is 24.3 Å². The van der Waals surface area contributed by atoms with Crippen molar-refractivity contribution >= 4 is 24.2 Å². The number of ether oxygens (including phenoxy) is 1. The van der Waals surface area contributed by atoms with Crippen molar-refractivity contribution in [1.82, 2.24) is 16.0 Å². The maximum atomic E-state index is 12.4. The van der Waals surface area contributed by atoms with Crippen LogP contribution >= 0.6 is 12.4 Å². The third-order valence-electron chi connectivity index (χ3n) is 3.44. The van der Waals surface area contributed by atoms with E-state index < -0.39 is 6.04 Å². The first-order chi connectivity index (χ1) is 11.0. The highest BCUT2D eigenvalue weighted by Crippen LogP contribution is 2.17. The van der Waals surface area contributed by atoms with Gasteiger partial charge in [0.25, 0.3) is 5.91 Å². The Morgan fingerprint density at radius 3 is 2.42 bits per heavy atom. The van der Waals surface area contributed by atoms with E-state index in [2.05, 4.69) is 16.0 Å². The molecule has 0 spiro atoms. The van der Waals surface area contributed by atoms with Gasteiger partial charge in [0.05, 0.1) is 12.7 Å². The van der Waals surface area contributed by atoms with Crippen LogP contribution < -0.4 is 20.7 Å². The Morgan fingerprint density at radius 1 is 1.17 bits per heavy atom. The maximum Gasteiger partial charge on any atom is 0.255 e. The molecule has 0 radical (unpaired) electrons. The van der Waals surface area contributed by atoms with E-state index in [1.54, 1.807) is 24.3 Å². The lowest BCUT2D eigenvalue weighted by Crippen LogP contribution is -2.50. The van der Waals surface area contributed by atoms with Gasteiger partial charge in [0.2, 0.25) is 5.91 Å². The van der Waals surface area contributed by atoms with Crippen LogP contribution in [0.25, 0.3) is 0 Å². The van der Waals surface area contributed by atoms with E-state index in [-0.39, 0.29) is 30.1 Å². The molecule has 1 unspecified atom stereocenters. The summed E-state index contributed by atoms with van der Waals surface area (Å²) < 4.78 is 5.19. The number of hydrogen-bond acceptors (Lipinski definition) is 4. The van der Waals surface area contributed by atoms with E-state index in [0.29, 0.717) is 24.4 Å². The normalized spacial score (nSPS) is 11.4. The van der Waals surface area contributed by atoms with E-state index >= 15 is 0 Å². The minimum Gasteiger partial charge on any atom is -0.496 e. The van der Waals surface area contributed by atoms with Gasteiger partial charge in [-0.1, -0.05) is 32.9 Å². The number of methoxy groups -OCH3 is 1. The van der Waals surface area contributed by atoms with Crippen LogP contribution in [0.3, 0.4) is 0 Å². The number of para-hydroxylation sites is 1. The Balaban J connectivity index is 0.00000529. The predicted molar refractivity (Wildman–Crippen MR) is 97.9 cm³/mol. The minimum absolute atomic E-state index is 0. The molecule has 0 aliphatic carbocycles. The molecule has 1 aromatic carbocycles. The molecule has 0 bridgehead atoms. The van der Waals surface area contributed by atoms with E-state index in [9.17, 15) is 9.59 Å². The molecule has 0 aromatic heterocycles. The van der Waals surface area contributed by atoms with Crippen molar-refractivity contribution in [3.8, 4) is 5.75 Å². The average molecular weight is 358 g/mol. The molecule has 2 amide bonds. The predicted octanol–water partition coefficient (Wildman–Crippen LogP) is 1.60. The first kappa shape index (κ1) is 22.2. The number of likely N-dealkylation sites (N-methyl/N-ethyl adjacent to an activating group) is 1. The van der Waals surface area contributed by atoms with E-state index in [1.165, 1.54) is 7.11 Å². The van der Waals surface area contributed by atoms with Crippen molar-refractivity contribution in [2.45, 2.75) is 26.8 Å². The summed E-state index contributed by atoms with van der Waals surface area (Å²) in [4.78, 5) is 24.7. The van der Waals surface area contributed by atoms with Gasteiger partial charge in [0, 0.05) is 13.1 Å². The summed E-state index contributed by atoms with van der Waals surface area (Å²) in [7, 11) is 1.51. The molecule has 0 saturated heterocycles. The molecular weight excluding hydrogens is 330 g/mol. The SMILES string of the molecule is CCNCCNC(=O)C(NC(=O)c1ccccc1OC)C(C)C.Cl. The third kappa shape index (κ3) is 6.76. The van der Waals surface area contributed by atoms with E-state index in [4.69, 9.17) is 4.74 Å². The zero-order chi connectivity index (χ0) is 17.2. The van der Waals surface area contributed by atoms with Gasteiger partial charge in [0.15, 0.2) is 0 Å². The lowest BCUT2D eigenvalue weighted by molar-refractivity contribution is -0.123. The molecular formula is C17H28ClN3O3. The van der Waals surface area contributed by atoms with Crippen LogP contribution in [0.4, 0.5) is 0 Å². The fraction of sp³-hybridized carbons (Fsp3) is 0.529. The Morgan fingerprint density at radius 2 is 1.83 bits per heavy atom. The number of halogens is 1. The summed E-state index contributed by atoms with van der Waals surface area (Å²) in [6, 6.07) is 6.36. The molecule has 1 rings (SSSR count). The van der Waals surface area contributed by atoms with E-state index in [1.807, 2.05) is 20.8 Å². The highest BCUT2D eigenvalue weighted by atomic mass is 35.5. The molecule has 3 N–H and O–H groups in total. The van der Waals surface area contributed by atoms with Crippen molar-refractivity contribution in [2.75, 3.05) is 26.7 Å². The second-order valence-corrected chi connectivity index (χ2v) is 5.54. The summed E-state index contributed by atoms with van der Waals surface area (Å²) in [5.41, 5.74) is 0.418. The molecule has 24 heavy (non-hydrogen) atoms. The first-order valence-corrected chi connectivity index (χ1v) is 7.93. The van der Waals surface area contributed by atoms with Gasteiger partial charge in [-0.2, -0.15) is 0 Å². The van der Waals surface area contributed by atoms with Gasteiger partial charge in [-0.15, -0.1) is 12.4 Å². The molecule has 0 saturated carbocycles. The zero-order valence-electron chi connectivity index (χ0n) is 14.7. The van der Waals surface area contributed by atoms with Crippen LogP contribution in [0.2, 0.25) is 0 Å². The summed E-state index contributed by atoms with van der Waals surface area (Å²) in [6.45, 7) is 7.89. The van der Waals surface area contributed by atoms with Gasteiger partial charge in [-0.25, -0.2) is 0 Å². The smallest absolute Gasteiger partial charge is 0.255 e. The monoisotopic (exact) mass is 357 g/mol. The summed E-state index contributed by atoms with van der Waals surface area (Å²) in [6.07, 6.45) is 0. The Labute approximate surface area is 150 Å². The largest absolute Gasteiger partial charge is 0.496 e. The highest BCUT2D eigenvalue weighted by molar-refractivity contribution is 5.99. The fourth-order valence-electron chi connectivity index (χ4n) is 2.15. The number of nitrogens with one attached hydrogen (secondary N) is 3. The zero-order valence-corrected chi connectivity index (χ0v) is 15.5. The molecule has 136 valence electrons. The molecule has 1 aromatic rings. The lowest BCUT2D eigenvalue weighted by atomic mass is 10.0. The molecule has 0 heterocycles. The van der Waals surface area contributed by atoms with Crippen molar-refractivity contribution in [3.05, 3.63) is 29.8 Å². The summed E-state index contributed by atoms with van der Waals surface area (Å²) in [5, 5.41) is 8.77. The number of amides is 2. The van der Waals surface area contributed by atoms with Gasteiger partial charge in [-0.3, -0.25) is 9.59 Å². The van der Waals surface area contributed by atoms with Crippen LogP contribution in [-0.4, -0.2) is 44.6 Å². The van der Waals surface area contributed by atoms with Gasteiger partial charge >= 0.3 is 0 Å². The number of carbonyl (C=O) groups excluding carboxylic acids is 2. The molecule has 7 heteroatoms. The van der Waals surface area contributed by atoms with Crippen LogP contribution in [-0.2, 0) is 4.79 Å². The Hall–Kier alpha value is -1.79. The van der Waals surface area contributed by atoms with Gasteiger partial charge < -0.3 is 20.7 Å². The molecule has 0 aliphatic heterocycles. The molecule has 1 atom stereocenters. The molecule has 0 fully saturated rings. The molecule has 6 nitrogen and oxygen atoms in total. The second kappa shape index (κ2) is 11.7. The number of benzene rings is 1. The van der Waals surface area contributed by atoms with Crippen LogP contribution in [0.5, 0.6) is 5.75 Å². The standard InChI is InChI=1S/C17H27N3O3.ClH/c1-5-18-10-11-19-17(22)15(12(2)3)20-16(21)13-8-6-7-9-14(13)23-4;/h6-9,12,15,18H,5,10-11H2,1-4H3,(H,19,22)(H,20,21);1H. The number of carbonyl (C=O) groups is 2. The molecule has 0 aliphatic rings. The third-order valence-corrected chi connectivity index (χ3v) is 3.44. The second-order valence-electron chi connectivity index (χ2n) is 5.54. The number of rotatable bonds is 9. The maximum absolute atomic E-state index is 12.4. The average Bonchev–Trinajstić information content (AvgIpc) is 2.55. The van der Waals surface area contributed by atoms with Gasteiger partial charge in [-0.05, 0) is 24.6 Å². The summed E-state index contributed by atoms with van der Waals surface area (Å²) in [5.74, 6) is -0.0306. The Bertz CT molecular complexity index is 524. The van der Waals surface area contributed by atoms with Crippen molar-refractivity contribution in [3.63, 3.8) is 0 Å².